The summed E-state index contributed by atoms with van der Waals surface area (Å²) in [6, 6.07) is 7.57. The van der Waals surface area contributed by atoms with E-state index in [0.29, 0.717) is 12.8 Å². The monoisotopic (exact) mass is 230 g/mol. The van der Waals surface area contributed by atoms with Gasteiger partial charge in [-0.25, -0.2) is 0 Å². The number of carbonyl (C=O) groups is 2. The Balaban J connectivity index is 2.02. The predicted molar refractivity (Wildman–Crippen MR) is 67.1 cm³/mol. The molecule has 0 heterocycles. The molecule has 1 aromatic carbocycles. The maximum atomic E-state index is 12.1. The van der Waals surface area contributed by atoms with Gasteiger partial charge in [0.1, 0.15) is 5.78 Å². The van der Waals surface area contributed by atoms with Crippen LogP contribution in [0.15, 0.2) is 24.3 Å². The Morgan fingerprint density at radius 2 is 2.06 bits per heavy atom. The third-order valence-corrected chi connectivity index (χ3v) is 3.44. The lowest BCUT2D eigenvalue weighted by molar-refractivity contribution is -0.121. The molecular formula is C15H18O2. The van der Waals surface area contributed by atoms with E-state index in [2.05, 4.69) is 6.92 Å². The minimum Gasteiger partial charge on any atom is -0.299 e. The van der Waals surface area contributed by atoms with Gasteiger partial charge in [-0.3, -0.25) is 9.59 Å². The van der Waals surface area contributed by atoms with E-state index in [0.717, 1.165) is 30.4 Å². The lowest BCUT2D eigenvalue weighted by Crippen LogP contribution is -2.20. The van der Waals surface area contributed by atoms with Crippen molar-refractivity contribution in [2.75, 3.05) is 0 Å². The van der Waals surface area contributed by atoms with Crippen molar-refractivity contribution in [3.05, 3.63) is 35.4 Å². The molecule has 1 aliphatic carbocycles. The van der Waals surface area contributed by atoms with Crippen molar-refractivity contribution >= 4 is 11.6 Å². The van der Waals surface area contributed by atoms with Gasteiger partial charge in [-0.2, -0.15) is 0 Å². The molecule has 0 saturated carbocycles. The molecule has 0 fully saturated rings. The average Bonchev–Trinajstić information content (AvgIpc) is 2.68. The van der Waals surface area contributed by atoms with Crippen LogP contribution in [0.4, 0.5) is 0 Å². The summed E-state index contributed by atoms with van der Waals surface area (Å²) < 4.78 is 0. The van der Waals surface area contributed by atoms with E-state index in [9.17, 15) is 9.59 Å². The molecule has 90 valence electrons. The van der Waals surface area contributed by atoms with Crippen LogP contribution in [0.2, 0.25) is 0 Å². The number of hydrogen-bond acceptors (Lipinski definition) is 2. The van der Waals surface area contributed by atoms with Crippen molar-refractivity contribution in [2.24, 2.45) is 5.92 Å². The van der Waals surface area contributed by atoms with Crippen LogP contribution >= 0.6 is 0 Å². The Kier molecular flexibility index (Phi) is 3.72. The summed E-state index contributed by atoms with van der Waals surface area (Å²) in [7, 11) is 0. The molecule has 0 aromatic heterocycles. The number of unbranched alkanes of at least 4 members (excludes halogenated alkanes) is 2. The number of hydrogen-bond donors (Lipinski definition) is 0. The van der Waals surface area contributed by atoms with Gasteiger partial charge in [0, 0.05) is 12.0 Å². The molecular weight excluding hydrogens is 212 g/mol. The normalized spacial score (nSPS) is 18.2. The first-order chi connectivity index (χ1) is 8.24. The minimum absolute atomic E-state index is 0.0297. The molecule has 0 saturated heterocycles. The van der Waals surface area contributed by atoms with Crippen molar-refractivity contribution in [3.63, 3.8) is 0 Å². The Hall–Kier alpha value is -1.44. The van der Waals surface area contributed by atoms with Crippen LogP contribution < -0.4 is 0 Å². The lowest BCUT2D eigenvalue weighted by atomic mass is 9.95. The molecule has 1 aromatic rings. The number of rotatable bonds is 5. The second kappa shape index (κ2) is 5.26. The Labute approximate surface area is 102 Å². The molecule has 0 aliphatic heterocycles. The van der Waals surface area contributed by atoms with Crippen LogP contribution in [0, 0.1) is 5.92 Å². The first-order valence-electron chi connectivity index (χ1n) is 6.39. The topological polar surface area (TPSA) is 34.1 Å². The molecule has 0 radical (unpaired) electrons. The van der Waals surface area contributed by atoms with Crippen molar-refractivity contribution in [2.45, 2.75) is 39.0 Å². The first kappa shape index (κ1) is 12.0. The van der Waals surface area contributed by atoms with E-state index in [1.54, 1.807) is 0 Å². The van der Waals surface area contributed by atoms with Crippen molar-refractivity contribution in [3.8, 4) is 0 Å². The molecule has 0 amide bonds. The van der Waals surface area contributed by atoms with E-state index in [4.69, 9.17) is 0 Å². The van der Waals surface area contributed by atoms with Crippen LogP contribution in [-0.2, 0) is 11.2 Å². The fourth-order valence-electron chi connectivity index (χ4n) is 2.42. The summed E-state index contributed by atoms with van der Waals surface area (Å²) >= 11 is 0. The van der Waals surface area contributed by atoms with Crippen molar-refractivity contribution in [1.82, 2.24) is 0 Å². The van der Waals surface area contributed by atoms with E-state index >= 15 is 0 Å². The summed E-state index contributed by atoms with van der Waals surface area (Å²) in [6.45, 7) is 2.11. The van der Waals surface area contributed by atoms with Crippen LogP contribution in [-0.4, -0.2) is 11.6 Å². The molecule has 1 atom stereocenters. The fraction of sp³-hybridized carbons (Fsp3) is 0.467. The quantitative estimate of drug-likeness (QED) is 0.575. The first-order valence-corrected chi connectivity index (χ1v) is 6.39. The van der Waals surface area contributed by atoms with Gasteiger partial charge in [0.2, 0.25) is 0 Å². The summed E-state index contributed by atoms with van der Waals surface area (Å²) in [4.78, 5) is 24.0. The standard InChI is InChI=1S/C15H18O2/c1-2-3-4-9-14(16)13-10-11-7-5-6-8-12(11)15(13)17/h5-8,13H,2-4,9-10H2,1H3. The summed E-state index contributed by atoms with van der Waals surface area (Å²) in [5.41, 5.74) is 1.78. The summed E-state index contributed by atoms with van der Waals surface area (Å²) in [5, 5.41) is 0. The van der Waals surface area contributed by atoms with Gasteiger partial charge in [-0.05, 0) is 18.4 Å². The van der Waals surface area contributed by atoms with E-state index < -0.39 is 5.92 Å². The molecule has 2 nitrogen and oxygen atoms in total. The number of ketones is 2. The zero-order chi connectivity index (χ0) is 12.3. The van der Waals surface area contributed by atoms with Gasteiger partial charge in [0.25, 0.3) is 0 Å². The highest BCUT2D eigenvalue weighted by Gasteiger charge is 2.34. The molecule has 2 heteroatoms. The highest BCUT2D eigenvalue weighted by atomic mass is 16.2. The Morgan fingerprint density at radius 1 is 1.29 bits per heavy atom. The number of benzene rings is 1. The summed E-state index contributed by atoms with van der Waals surface area (Å²) in [5.74, 6) is -0.244. The minimum atomic E-state index is -0.399. The van der Waals surface area contributed by atoms with Gasteiger partial charge in [-0.15, -0.1) is 0 Å². The Bertz CT molecular complexity index is 434. The smallest absolute Gasteiger partial charge is 0.173 e. The van der Waals surface area contributed by atoms with E-state index in [-0.39, 0.29) is 11.6 Å². The second-order valence-corrected chi connectivity index (χ2v) is 4.70. The number of fused-ring (bicyclic) bond motifs is 1. The second-order valence-electron chi connectivity index (χ2n) is 4.70. The maximum Gasteiger partial charge on any atom is 0.173 e. The number of carbonyl (C=O) groups excluding carboxylic acids is 2. The Morgan fingerprint density at radius 3 is 2.76 bits per heavy atom. The van der Waals surface area contributed by atoms with Crippen LogP contribution in [0.5, 0.6) is 0 Å². The van der Waals surface area contributed by atoms with Gasteiger partial charge in [0.05, 0.1) is 5.92 Å². The van der Waals surface area contributed by atoms with Gasteiger partial charge in [-0.1, -0.05) is 44.0 Å². The molecule has 0 N–H and O–H groups in total. The molecule has 0 bridgehead atoms. The fourth-order valence-corrected chi connectivity index (χ4v) is 2.42. The molecule has 2 rings (SSSR count). The molecule has 17 heavy (non-hydrogen) atoms. The largest absolute Gasteiger partial charge is 0.299 e. The zero-order valence-corrected chi connectivity index (χ0v) is 10.2. The van der Waals surface area contributed by atoms with E-state index in [1.165, 1.54) is 0 Å². The maximum absolute atomic E-state index is 12.1. The van der Waals surface area contributed by atoms with Crippen LogP contribution in [0.3, 0.4) is 0 Å². The van der Waals surface area contributed by atoms with Gasteiger partial charge < -0.3 is 0 Å². The third kappa shape index (κ3) is 2.46. The average molecular weight is 230 g/mol. The number of Topliss-reactive ketones (excluding diaryl/α,β-unsaturated/α-hetero) is 2. The van der Waals surface area contributed by atoms with Crippen LogP contribution in [0.1, 0.15) is 48.5 Å². The molecule has 1 unspecified atom stereocenters. The zero-order valence-electron chi connectivity index (χ0n) is 10.2. The third-order valence-electron chi connectivity index (χ3n) is 3.44. The molecule has 0 spiro atoms. The predicted octanol–water partition coefficient (Wildman–Crippen LogP) is 3.19. The lowest BCUT2D eigenvalue weighted by Gasteiger charge is -2.06. The highest BCUT2D eigenvalue weighted by molar-refractivity contribution is 6.14. The van der Waals surface area contributed by atoms with Crippen molar-refractivity contribution < 1.29 is 9.59 Å². The highest BCUT2D eigenvalue weighted by Crippen LogP contribution is 2.28. The SMILES string of the molecule is CCCCCC(=O)C1Cc2ccccc2C1=O. The van der Waals surface area contributed by atoms with Gasteiger partial charge >= 0.3 is 0 Å². The van der Waals surface area contributed by atoms with Gasteiger partial charge in [0.15, 0.2) is 5.78 Å². The molecule has 1 aliphatic rings. The summed E-state index contributed by atoms with van der Waals surface area (Å²) in [6.07, 6.45) is 4.25. The van der Waals surface area contributed by atoms with Crippen molar-refractivity contribution in [1.29, 1.82) is 0 Å². The van der Waals surface area contributed by atoms with E-state index in [1.807, 2.05) is 24.3 Å². The van der Waals surface area contributed by atoms with Crippen LogP contribution in [0.25, 0.3) is 0 Å².